The fraction of sp³-hybridized carbons (Fsp3) is 0.250. The Balaban J connectivity index is 1.51. The van der Waals surface area contributed by atoms with Gasteiger partial charge in [-0.05, 0) is 23.3 Å². The molecule has 2 heterocycles. The van der Waals surface area contributed by atoms with E-state index in [9.17, 15) is 18.4 Å². The number of aliphatic imine (C=N–C) groups is 1. The second-order valence-electron chi connectivity index (χ2n) is 6.47. The quantitative estimate of drug-likeness (QED) is 0.777. The Hall–Kier alpha value is -3.09. The predicted octanol–water partition coefficient (Wildman–Crippen LogP) is 3.13. The Bertz CT molecular complexity index is 904. The lowest BCUT2D eigenvalue weighted by atomic mass is 10.1. The average molecular weight is 370 g/mol. The molecule has 27 heavy (non-hydrogen) atoms. The highest BCUT2D eigenvalue weighted by Crippen LogP contribution is 2.27. The molecule has 1 atom stereocenters. The molecule has 0 aromatic heterocycles. The Morgan fingerprint density at radius 2 is 1.63 bits per heavy atom. The molecule has 2 aromatic rings. The number of imide groups is 1. The molecular formula is C20H16F2N2O3. The Kier molecular flexibility index (Phi) is 4.43. The molecule has 1 unspecified atom stereocenters. The van der Waals surface area contributed by atoms with Gasteiger partial charge in [-0.2, -0.15) is 0 Å². The van der Waals surface area contributed by atoms with Crippen molar-refractivity contribution in [2.45, 2.75) is 25.4 Å². The van der Waals surface area contributed by atoms with Gasteiger partial charge >= 0.3 is 0 Å². The number of likely N-dealkylation sites (tertiary alicyclic amines) is 1. The first-order chi connectivity index (χ1) is 13.0. The summed E-state index contributed by atoms with van der Waals surface area (Å²) in [5, 5.41) is 0. The first-order valence-corrected chi connectivity index (χ1v) is 8.60. The molecule has 1 fully saturated rings. The molecule has 0 bridgehead atoms. The maximum atomic E-state index is 13.9. The zero-order chi connectivity index (χ0) is 19.0. The van der Waals surface area contributed by atoms with E-state index in [1.54, 1.807) is 0 Å². The van der Waals surface area contributed by atoms with E-state index in [1.807, 2.05) is 24.3 Å². The molecule has 2 amide bonds. The smallest absolute Gasteiger partial charge is 0.229 e. The van der Waals surface area contributed by atoms with E-state index in [1.165, 1.54) is 11.0 Å². The monoisotopic (exact) mass is 370 g/mol. The van der Waals surface area contributed by atoms with Crippen LogP contribution in [-0.4, -0.2) is 29.2 Å². The summed E-state index contributed by atoms with van der Waals surface area (Å²) >= 11 is 0. The second-order valence-corrected chi connectivity index (χ2v) is 6.47. The summed E-state index contributed by atoms with van der Waals surface area (Å²) in [6, 6.07) is 10.5. The summed E-state index contributed by atoms with van der Waals surface area (Å²) in [6.45, 7) is 0.430. The van der Waals surface area contributed by atoms with Crippen LogP contribution in [0.1, 0.15) is 35.6 Å². The lowest BCUT2D eigenvalue weighted by Crippen LogP contribution is -2.28. The third-order valence-corrected chi connectivity index (χ3v) is 4.69. The number of hydrogen-bond acceptors (Lipinski definition) is 4. The van der Waals surface area contributed by atoms with Crippen LogP contribution in [0.3, 0.4) is 0 Å². The van der Waals surface area contributed by atoms with E-state index in [4.69, 9.17) is 4.74 Å². The standard InChI is InChI=1S/C20H16F2N2O3/c21-14-2-1-3-15(22)19(14)20-23-16(11-27-20)13-6-4-12(5-7-13)10-24-17(25)8-9-18(24)26/h1-7,16H,8-11H2. The Morgan fingerprint density at radius 3 is 2.26 bits per heavy atom. The lowest BCUT2D eigenvalue weighted by molar-refractivity contribution is -0.139. The summed E-state index contributed by atoms with van der Waals surface area (Å²) in [4.78, 5) is 29.0. The maximum absolute atomic E-state index is 13.9. The van der Waals surface area contributed by atoms with Crippen LogP contribution in [0.15, 0.2) is 47.5 Å². The van der Waals surface area contributed by atoms with E-state index in [2.05, 4.69) is 4.99 Å². The molecule has 2 aliphatic rings. The minimum atomic E-state index is -0.718. The van der Waals surface area contributed by atoms with E-state index in [0.717, 1.165) is 23.3 Å². The number of ether oxygens (including phenoxy) is 1. The first kappa shape index (κ1) is 17.3. The van der Waals surface area contributed by atoms with Crippen molar-refractivity contribution in [3.63, 3.8) is 0 Å². The SMILES string of the molecule is O=C1CCC(=O)N1Cc1ccc(C2COC(c3c(F)cccc3F)=N2)cc1. The Morgan fingerprint density at radius 1 is 1.00 bits per heavy atom. The number of halogens is 2. The summed E-state index contributed by atoms with van der Waals surface area (Å²) in [5.41, 5.74) is 1.39. The molecule has 0 radical (unpaired) electrons. The topological polar surface area (TPSA) is 59.0 Å². The second kappa shape index (κ2) is 6.90. The van der Waals surface area contributed by atoms with Crippen molar-refractivity contribution in [3.8, 4) is 0 Å². The number of rotatable bonds is 4. The first-order valence-electron chi connectivity index (χ1n) is 8.60. The average Bonchev–Trinajstić information content (AvgIpc) is 3.25. The van der Waals surface area contributed by atoms with Gasteiger partial charge in [0.25, 0.3) is 0 Å². The summed E-state index contributed by atoms with van der Waals surface area (Å²) < 4.78 is 33.2. The van der Waals surface area contributed by atoms with Gasteiger partial charge in [0.05, 0.1) is 6.54 Å². The largest absolute Gasteiger partial charge is 0.475 e. The predicted molar refractivity (Wildman–Crippen MR) is 92.8 cm³/mol. The molecule has 5 nitrogen and oxygen atoms in total. The minimum absolute atomic E-state index is 0.0482. The van der Waals surface area contributed by atoms with Gasteiger partial charge in [0.1, 0.15) is 29.8 Å². The fourth-order valence-corrected chi connectivity index (χ4v) is 3.21. The highest BCUT2D eigenvalue weighted by atomic mass is 19.1. The molecule has 0 N–H and O–H groups in total. The summed E-state index contributed by atoms with van der Waals surface area (Å²) in [5.74, 6) is -1.80. The van der Waals surface area contributed by atoms with Crippen molar-refractivity contribution < 1.29 is 23.1 Å². The molecule has 2 aliphatic heterocycles. The molecular weight excluding hydrogens is 354 g/mol. The lowest BCUT2D eigenvalue weighted by Gasteiger charge is -2.14. The maximum Gasteiger partial charge on any atom is 0.229 e. The number of benzene rings is 2. The van der Waals surface area contributed by atoms with Gasteiger partial charge in [-0.1, -0.05) is 30.3 Å². The van der Waals surface area contributed by atoms with Crippen LogP contribution in [0.4, 0.5) is 8.78 Å². The highest BCUT2D eigenvalue weighted by molar-refractivity contribution is 6.01. The molecule has 0 spiro atoms. The van der Waals surface area contributed by atoms with Crippen LogP contribution in [0.25, 0.3) is 0 Å². The molecule has 1 saturated heterocycles. The third-order valence-electron chi connectivity index (χ3n) is 4.69. The summed E-state index contributed by atoms with van der Waals surface area (Å²) in [7, 11) is 0. The van der Waals surface area contributed by atoms with Crippen molar-refractivity contribution in [2.75, 3.05) is 6.61 Å². The fourth-order valence-electron chi connectivity index (χ4n) is 3.21. The molecule has 7 heteroatoms. The van der Waals surface area contributed by atoms with Crippen molar-refractivity contribution in [1.82, 2.24) is 4.90 Å². The molecule has 138 valence electrons. The van der Waals surface area contributed by atoms with E-state index in [-0.39, 0.29) is 55.3 Å². The van der Waals surface area contributed by atoms with Crippen molar-refractivity contribution >= 4 is 17.7 Å². The van der Waals surface area contributed by atoms with E-state index >= 15 is 0 Å². The van der Waals surface area contributed by atoms with Gasteiger partial charge in [-0.15, -0.1) is 0 Å². The number of carbonyl (C=O) groups is 2. The number of hydrogen-bond donors (Lipinski definition) is 0. The number of amides is 2. The van der Waals surface area contributed by atoms with Gasteiger partial charge in [0.15, 0.2) is 0 Å². The summed E-state index contributed by atoms with van der Waals surface area (Å²) in [6.07, 6.45) is 0.529. The minimum Gasteiger partial charge on any atom is -0.475 e. The van der Waals surface area contributed by atoms with Gasteiger partial charge < -0.3 is 4.74 Å². The van der Waals surface area contributed by atoms with Crippen LogP contribution in [0, 0.1) is 11.6 Å². The van der Waals surface area contributed by atoms with Crippen LogP contribution < -0.4 is 0 Å². The van der Waals surface area contributed by atoms with Crippen molar-refractivity contribution in [1.29, 1.82) is 0 Å². The van der Waals surface area contributed by atoms with Crippen molar-refractivity contribution in [3.05, 3.63) is 70.8 Å². The number of nitrogens with zero attached hydrogens (tertiary/aromatic N) is 2. The van der Waals surface area contributed by atoms with Crippen molar-refractivity contribution in [2.24, 2.45) is 4.99 Å². The molecule has 4 rings (SSSR count). The zero-order valence-electron chi connectivity index (χ0n) is 14.3. The van der Waals surface area contributed by atoms with Gasteiger partial charge in [-0.25, -0.2) is 13.8 Å². The van der Waals surface area contributed by atoms with E-state index < -0.39 is 11.6 Å². The molecule has 0 saturated carbocycles. The van der Waals surface area contributed by atoms with Gasteiger partial charge in [-0.3, -0.25) is 14.5 Å². The normalized spacial score (nSPS) is 19.4. The van der Waals surface area contributed by atoms with Crippen LogP contribution in [0.5, 0.6) is 0 Å². The van der Waals surface area contributed by atoms with E-state index in [0.29, 0.717) is 0 Å². The molecule has 2 aromatic carbocycles. The van der Waals surface area contributed by atoms with Gasteiger partial charge in [0, 0.05) is 12.8 Å². The zero-order valence-corrected chi connectivity index (χ0v) is 14.3. The van der Waals surface area contributed by atoms with Crippen LogP contribution in [-0.2, 0) is 20.9 Å². The number of carbonyl (C=O) groups excluding carboxylic acids is 2. The van der Waals surface area contributed by atoms with Crippen LogP contribution in [0.2, 0.25) is 0 Å². The Labute approximate surface area is 154 Å². The molecule has 0 aliphatic carbocycles. The van der Waals surface area contributed by atoms with Crippen LogP contribution >= 0.6 is 0 Å². The highest BCUT2D eigenvalue weighted by Gasteiger charge is 2.29. The van der Waals surface area contributed by atoms with Gasteiger partial charge in [0.2, 0.25) is 17.7 Å². The third kappa shape index (κ3) is 3.32.